The molecular formula is C12H15N3O. The van der Waals surface area contributed by atoms with Crippen molar-refractivity contribution >= 4 is 11.6 Å². The quantitative estimate of drug-likeness (QED) is 0.602. The SMILES string of the molecule is COC(=N)/C=C\C(=N)c1cc(C)cnc1C. The van der Waals surface area contributed by atoms with Crippen molar-refractivity contribution in [3.63, 3.8) is 0 Å². The number of hydrogen-bond acceptors (Lipinski definition) is 4. The molecule has 2 N–H and O–H groups in total. The summed E-state index contributed by atoms with van der Waals surface area (Å²) in [6.45, 7) is 3.79. The van der Waals surface area contributed by atoms with E-state index in [0.717, 1.165) is 16.8 Å². The van der Waals surface area contributed by atoms with E-state index in [1.165, 1.54) is 19.3 Å². The van der Waals surface area contributed by atoms with E-state index in [1.54, 1.807) is 6.20 Å². The van der Waals surface area contributed by atoms with Gasteiger partial charge in [-0.25, -0.2) is 0 Å². The van der Waals surface area contributed by atoms with Crippen molar-refractivity contribution in [2.75, 3.05) is 7.11 Å². The first-order valence-electron chi connectivity index (χ1n) is 4.87. The average Bonchev–Trinajstić information content (AvgIpc) is 2.28. The fourth-order valence-corrected chi connectivity index (χ4v) is 1.23. The van der Waals surface area contributed by atoms with Crippen LogP contribution < -0.4 is 0 Å². The van der Waals surface area contributed by atoms with E-state index >= 15 is 0 Å². The molecule has 0 aliphatic heterocycles. The van der Waals surface area contributed by atoms with Crippen molar-refractivity contribution in [3.8, 4) is 0 Å². The molecule has 0 saturated carbocycles. The summed E-state index contributed by atoms with van der Waals surface area (Å²) in [6.07, 6.45) is 4.76. The summed E-state index contributed by atoms with van der Waals surface area (Å²) < 4.78 is 4.67. The van der Waals surface area contributed by atoms with Gasteiger partial charge in [0.1, 0.15) is 0 Å². The average molecular weight is 217 g/mol. The molecule has 4 heteroatoms. The zero-order chi connectivity index (χ0) is 12.1. The zero-order valence-corrected chi connectivity index (χ0v) is 9.66. The van der Waals surface area contributed by atoms with Crippen LogP contribution in [0.25, 0.3) is 0 Å². The predicted molar refractivity (Wildman–Crippen MR) is 64.4 cm³/mol. The number of nitrogens with one attached hydrogen (secondary N) is 2. The van der Waals surface area contributed by atoms with Crippen LogP contribution in [0.2, 0.25) is 0 Å². The Bertz CT molecular complexity index is 450. The van der Waals surface area contributed by atoms with Crippen LogP contribution in [0.1, 0.15) is 16.8 Å². The van der Waals surface area contributed by atoms with Gasteiger partial charge in [0, 0.05) is 23.5 Å². The maximum Gasteiger partial charge on any atom is 0.205 e. The maximum atomic E-state index is 7.86. The molecule has 0 spiro atoms. The van der Waals surface area contributed by atoms with E-state index in [2.05, 4.69) is 9.72 Å². The van der Waals surface area contributed by atoms with Crippen LogP contribution in [-0.4, -0.2) is 23.7 Å². The third kappa shape index (κ3) is 3.02. The summed E-state index contributed by atoms with van der Waals surface area (Å²) in [7, 11) is 1.43. The summed E-state index contributed by atoms with van der Waals surface area (Å²) in [4.78, 5) is 4.19. The van der Waals surface area contributed by atoms with Gasteiger partial charge in [0.05, 0.1) is 12.8 Å². The molecule has 0 bridgehead atoms. The highest BCUT2D eigenvalue weighted by atomic mass is 16.5. The first-order valence-corrected chi connectivity index (χ1v) is 4.87. The first kappa shape index (κ1) is 12.1. The Morgan fingerprint density at radius 2 is 2.00 bits per heavy atom. The minimum absolute atomic E-state index is 0.0306. The normalized spacial score (nSPS) is 10.4. The lowest BCUT2D eigenvalue weighted by Crippen LogP contribution is -2.02. The third-order valence-corrected chi connectivity index (χ3v) is 2.14. The van der Waals surface area contributed by atoms with Gasteiger partial charge in [-0.2, -0.15) is 0 Å². The van der Waals surface area contributed by atoms with Crippen LogP contribution in [0, 0.1) is 24.7 Å². The van der Waals surface area contributed by atoms with Crippen LogP contribution in [0.15, 0.2) is 24.4 Å². The maximum absolute atomic E-state index is 7.86. The van der Waals surface area contributed by atoms with Gasteiger partial charge in [-0.15, -0.1) is 0 Å². The summed E-state index contributed by atoms with van der Waals surface area (Å²) in [5, 5.41) is 15.1. The molecule has 4 nitrogen and oxygen atoms in total. The highest BCUT2D eigenvalue weighted by molar-refractivity contribution is 6.09. The van der Waals surface area contributed by atoms with E-state index < -0.39 is 0 Å². The van der Waals surface area contributed by atoms with Crippen LogP contribution in [-0.2, 0) is 4.74 Å². The number of hydrogen-bond donors (Lipinski definition) is 2. The largest absolute Gasteiger partial charge is 0.481 e. The van der Waals surface area contributed by atoms with Crippen molar-refractivity contribution in [2.45, 2.75) is 13.8 Å². The monoisotopic (exact) mass is 217 g/mol. The van der Waals surface area contributed by atoms with Crippen LogP contribution >= 0.6 is 0 Å². The molecule has 84 valence electrons. The zero-order valence-electron chi connectivity index (χ0n) is 9.66. The molecule has 1 aromatic rings. The molecule has 0 saturated heterocycles. The van der Waals surface area contributed by atoms with Crippen LogP contribution in [0.4, 0.5) is 0 Å². The minimum atomic E-state index is 0.0306. The van der Waals surface area contributed by atoms with Crippen molar-refractivity contribution in [1.82, 2.24) is 4.98 Å². The van der Waals surface area contributed by atoms with E-state index in [4.69, 9.17) is 10.8 Å². The number of allylic oxidation sites excluding steroid dienone is 1. The standard InChI is InChI=1S/C12H15N3O/c1-8-6-10(9(2)15-7-8)11(13)4-5-12(14)16-3/h4-7,13-14H,1-3H3/b5-4-,13-11?,14-12?. The molecule has 0 aromatic carbocycles. The van der Waals surface area contributed by atoms with Gasteiger partial charge in [-0.05, 0) is 31.6 Å². The lowest BCUT2D eigenvalue weighted by Gasteiger charge is -2.04. The molecule has 0 fully saturated rings. The van der Waals surface area contributed by atoms with Gasteiger partial charge in [-0.3, -0.25) is 10.4 Å². The number of rotatable bonds is 3. The van der Waals surface area contributed by atoms with Crippen LogP contribution in [0.5, 0.6) is 0 Å². The Kier molecular flexibility index (Phi) is 3.94. The summed E-state index contributed by atoms with van der Waals surface area (Å²) in [5.41, 5.74) is 2.93. The molecule has 0 radical (unpaired) electrons. The smallest absolute Gasteiger partial charge is 0.205 e. The van der Waals surface area contributed by atoms with E-state index in [-0.39, 0.29) is 5.90 Å². The second kappa shape index (κ2) is 5.21. The second-order valence-corrected chi connectivity index (χ2v) is 3.46. The Hall–Kier alpha value is -1.97. The Morgan fingerprint density at radius 3 is 2.62 bits per heavy atom. The third-order valence-electron chi connectivity index (χ3n) is 2.14. The lowest BCUT2D eigenvalue weighted by molar-refractivity contribution is 0.403. The molecule has 0 atom stereocenters. The summed E-state index contributed by atoms with van der Waals surface area (Å²) in [6, 6.07) is 1.91. The molecule has 1 rings (SSSR count). The molecule has 1 heterocycles. The molecule has 0 amide bonds. The fourth-order valence-electron chi connectivity index (χ4n) is 1.23. The van der Waals surface area contributed by atoms with Gasteiger partial charge >= 0.3 is 0 Å². The van der Waals surface area contributed by atoms with Gasteiger partial charge in [0.2, 0.25) is 5.90 Å². The molecule has 0 unspecified atom stereocenters. The molecule has 0 aliphatic rings. The predicted octanol–water partition coefficient (Wildman–Crippen LogP) is 2.25. The molecule has 16 heavy (non-hydrogen) atoms. The van der Waals surface area contributed by atoms with E-state index in [1.807, 2.05) is 19.9 Å². The highest BCUT2D eigenvalue weighted by Crippen LogP contribution is 2.08. The minimum Gasteiger partial charge on any atom is -0.481 e. The molecular weight excluding hydrogens is 202 g/mol. The number of ether oxygens (including phenoxy) is 1. The van der Waals surface area contributed by atoms with Crippen LogP contribution in [0.3, 0.4) is 0 Å². The number of methoxy groups -OCH3 is 1. The van der Waals surface area contributed by atoms with Crippen molar-refractivity contribution in [2.24, 2.45) is 0 Å². The Balaban J connectivity index is 2.92. The highest BCUT2D eigenvalue weighted by Gasteiger charge is 2.03. The van der Waals surface area contributed by atoms with Crippen molar-refractivity contribution in [3.05, 3.63) is 41.2 Å². The Labute approximate surface area is 95.0 Å². The van der Waals surface area contributed by atoms with E-state index in [0.29, 0.717) is 5.71 Å². The van der Waals surface area contributed by atoms with Gasteiger partial charge < -0.3 is 10.1 Å². The first-order chi connectivity index (χ1) is 7.54. The van der Waals surface area contributed by atoms with Gasteiger partial charge in [-0.1, -0.05) is 0 Å². The fraction of sp³-hybridized carbons (Fsp3) is 0.250. The van der Waals surface area contributed by atoms with E-state index in [9.17, 15) is 0 Å². The number of pyridine rings is 1. The number of aryl methyl sites for hydroxylation is 2. The van der Waals surface area contributed by atoms with Gasteiger partial charge in [0.25, 0.3) is 0 Å². The van der Waals surface area contributed by atoms with Crippen molar-refractivity contribution in [1.29, 1.82) is 10.8 Å². The topological polar surface area (TPSA) is 69.8 Å². The Morgan fingerprint density at radius 1 is 1.31 bits per heavy atom. The van der Waals surface area contributed by atoms with Gasteiger partial charge in [0.15, 0.2) is 0 Å². The number of nitrogens with zero attached hydrogens (tertiary/aromatic N) is 1. The lowest BCUT2D eigenvalue weighted by atomic mass is 10.1. The second-order valence-electron chi connectivity index (χ2n) is 3.46. The molecule has 1 aromatic heterocycles. The number of aromatic nitrogens is 1. The summed E-state index contributed by atoms with van der Waals surface area (Å²) in [5.74, 6) is 0.0306. The molecule has 0 aliphatic carbocycles. The van der Waals surface area contributed by atoms with Crippen molar-refractivity contribution < 1.29 is 4.74 Å². The summed E-state index contributed by atoms with van der Waals surface area (Å²) >= 11 is 0.